The van der Waals surface area contributed by atoms with Gasteiger partial charge in [0.15, 0.2) is 5.78 Å². The maximum absolute atomic E-state index is 12.9. The fraction of sp³-hybridized carbons (Fsp3) is 0.250. The van der Waals surface area contributed by atoms with Crippen LogP contribution < -0.4 is 5.32 Å². The van der Waals surface area contributed by atoms with Crippen LogP contribution in [0.3, 0.4) is 0 Å². The molecule has 23 heavy (non-hydrogen) atoms. The lowest BCUT2D eigenvalue weighted by Crippen LogP contribution is -2.41. The molecule has 116 valence electrons. The standard InChI is InChI=1S/C20H19NO2/c22-20-16-9-5-4-8-15(16)19(18-13-21-10-11-23-18)17(20)12-14-6-2-1-3-7-14/h1-9,12,18-19,21H,10-11,13H2/b17-12-. The average molecular weight is 305 g/mol. The number of rotatable bonds is 2. The molecule has 1 fully saturated rings. The fourth-order valence-electron chi connectivity index (χ4n) is 3.52. The predicted octanol–water partition coefficient (Wildman–Crippen LogP) is 3.04. The molecule has 1 N–H and O–H groups in total. The summed E-state index contributed by atoms with van der Waals surface area (Å²) in [5.41, 5.74) is 3.80. The van der Waals surface area contributed by atoms with Gasteiger partial charge >= 0.3 is 0 Å². The minimum absolute atomic E-state index is 0.00584. The van der Waals surface area contributed by atoms with Crippen LogP contribution in [0.15, 0.2) is 60.2 Å². The van der Waals surface area contributed by atoms with E-state index in [2.05, 4.69) is 11.4 Å². The summed E-state index contributed by atoms with van der Waals surface area (Å²) in [6.45, 7) is 2.34. The second-order valence-electron chi connectivity index (χ2n) is 6.02. The molecule has 1 heterocycles. The van der Waals surface area contributed by atoms with Gasteiger partial charge in [0.05, 0.1) is 12.7 Å². The molecule has 3 nitrogen and oxygen atoms in total. The third-order valence-electron chi connectivity index (χ3n) is 4.59. The molecule has 0 aromatic heterocycles. The summed E-state index contributed by atoms with van der Waals surface area (Å²) >= 11 is 0. The first-order valence-electron chi connectivity index (χ1n) is 8.07. The molecular weight excluding hydrogens is 286 g/mol. The van der Waals surface area contributed by atoms with Gasteiger partial charge in [-0.25, -0.2) is 0 Å². The van der Waals surface area contributed by atoms with E-state index in [-0.39, 0.29) is 17.8 Å². The molecule has 1 aliphatic carbocycles. The van der Waals surface area contributed by atoms with Crippen LogP contribution >= 0.6 is 0 Å². The van der Waals surface area contributed by atoms with Gasteiger partial charge in [0.25, 0.3) is 0 Å². The van der Waals surface area contributed by atoms with E-state index in [9.17, 15) is 4.79 Å². The summed E-state index contributed by atoms with van der Waals surface area (Å²) in [6, 6.07) is 17.9. The monoisotopic (exact) mass is 305 g/mol. The molecule has 2 unspecified atom stereocenters. The van der Waals surface area contributed by atoms with Gasteiger partial charge in [-0.2, -0.15) is 0 Å². The summed E-state index contributed by atoms with van der Waals surface area (Å²) in [5, 5.41) is 3.38. The van der Waals surface area contributed by atoms with E-state index < -0.39 is 0 Å². The molecule has 0 amide bonds. The van der Waals surface area contributed by atoms with Crippen LogP contribution in [-0.2, 0) is 4.74 Å². The molecular formula is C20H19NO2. The summed E-state index contributed by atoms with van der Waals surface area (Å²) < 4.78 is 5.98. The third kappa shape index (κ3) is 2.62. The number of fused-ring (bicyclic) bond motifs is 1. The van der Waals surface area contributed by atoms with Crippen molar-refractivity contribution in [1.29, 1.82) is 0 Å². The zero-order valence-electron chi connectivity index (χ0n) is 12.9. The van der Waals surface area contributed by atoms with Gasteiger partial charge in [0, 0.05) is 30.1 Å². The number of carbonyl (C=O) groups is 1. The Balaban J connectivity index is 1.80. The Labute approximate surface area is 136 Å². The van der Waals surface area contributed by atoms with Gasteiger partial charge in [-0.1, -0.05) is 54.6 Å². The zero-order chi connectivity index (χ0) is 15.6. The number of morpholine rings is 1. The molecule has 0 radical (unpaired) electrons. The van der Waals surface area contributed by atoms with Crippen LogP contribution in [-0.4, -0.2) is 31.6 Å². The van der Waals surface area contributed by atoms with Crippen molar-refractivity contribution in [2.45, 2.75) is 12.0 Å². The minimum Gasteiger partial charge on any atom is -0.375 e. The topological polar surface area (TPSA) is 38.3 Å². The predicted molar refractivity (Wildman–Crippen MR) is 90.5 cm³/mol. The van der Waals surface area contributed by atoms with E-state index in [1.165, 1.54) is 0 Å². The minimum atomic E-state index is 0.00584. The van der Waals surface area contributed by atoms with Crippen molar-refractivity contribution in [3.05, 3.63) is 76.9 Å². The van der Waals surface area contributed by atoms with Gasteiger partial charge in [0.2, 0.25) is 0 Å². The molecule has 2 aliphatic rings. The largest absolute Gasteiger partial charge is 0.375 e. The normalized spacial score (nSPS) is 25.6. The number of ketones is 1. The quantitative estimate of drug-likeness (QED) is 0.867. The Morgan fingerprint density at radius 3 is 2.61 bits per heavy atom. The summed E-state index contributed by atoms with van der Waals surface area (Å²) in [4.78, 5) is 12.9. The Hall–Kier alpha value is -2.23. The van der Waals surface area contributed by atoms with Crippen LogP contribution in [0.1, 0.15) is 27.4 Å². The van der Waals surface area contributed by atoms with Gasteiger partial charge in [-0.3, -0.25) is 4.79 Å². The highest BCUT2D eigenvalue weighted by Gasteiger charge is 2.40. The lowest BCUT2D eigenvalue weighted by atomic mass is 9.90. The fourth-order valence-corrected chi connectivity index (χ4v) is 3.52. The number of nitrogens with one attached hydrogen (secondary N) is 1. The average Bonchev–Trinajstić information content (AvgIpc) is 2.89. The number of benzene rings is 2. The Morgan fingerprint density at radius 2 is 1.83 bits per heavy atom. The van der Waals surface area contributed by atoms with Crippen molar-refractivity contribution in [1.82, 2.24) is 5.32 Å². The molecule has 3 heteroatoms. The van der Waals surface area contributed by atoms with Crippen LogP contribution in [0.5, 0.6) is 0 Å². The van der Waals surface area contributed by atoms with Gasteiger partial charge in [-0.15, -0.1) is 0 Å². The first kappa shape index (κ1) is 14.4. The second kappa shape index (κ2) is 6.11. The van der Waals surface area contributed by atoms with Crippen molar-refractivity contribution in [3.63, 3.8) is 0 Å². The van der Waals surface area contributed by atoms with E-state index in [1.807, 2.05) is 54.6 Å². The van der Waals surface area contributed by atoms with Gasteiger partial charge < -0.3 is 10.1 Å². The maximum atomic E-state index is 12.9. The Kier molecular flexibility index (Phi) is 3.82. The number of carbonyl (C=O) groups excluding carboxylic acids is 1. The number of Topliss-reactive ketones (excluding diaryl/α,β-unsaturated/α-hetero) is 1. The number of ether oxygens (including phenoxy) is 1. The van der Waals surface area contributed by atoms with Crippen molar-refractivity contribution < 1.29 is 9.53 Å². The summed E-state index contributed by atoms with van der Waals surface area (Å²) in [6.07, 6.45) is 2.02. The summed E-state index contributed by atoms with van der Waals surface area (Å²) in [7, 11) is 0. The molecule has 1 aliphatic heterocycles. The second-order valence-corrected chi connectivity index (χ2v) is 6.02. The van der Waals surface area contributed by atoms with Crippen molar-refractivity contribution in [3.8, 4) is 0 Å². The molecule has 2 aromatic rings. The SMILES string of the molecule is O=C1/C(=C\c2ccccc2)C(C2CNCCO2)c2ccccc21. The summed E-state index contributed by atoms with van der Waals surface area (Å²) in [5.74, 6) is 0.135. The zero-order valence-corrected chi connectivity index (χ0v) is 12.9. The maximum Gasteiger partial charge on any atom is 0.190 e. The van der Waals surface area contributed by atoms with E-state index >= 15 is 0 Å². The molecule has 2 atom stereocenters. The lowest BCUT2D eigenvalue weighted by molar-refractivity contribution is 0.0189. The molecule has 1 saturated heterocycles. The van der Waals surface area contributed by atoms with Gasteiger partial charge in [-0.05, 0) is 17.2 Å². The number of hydrogen-bond acceptors (Lipinski definition) is 3. The van der Waals surface area contributed by atoms with Crippen molar-refractivity contribution in [2.75, 3.05) is 19.7 Å². The molecule has 0 spiro atoms. The smallest absolute Gasteiger partial charge is 0.190 e. The first-order valence-corrected chi connectivity index (χ1v) is 8.07. The molecule has 4 rings (SSSR count). The van der Waals surface area contributed by atoms with Crippen LogP contribution in [0, 0.1) is 0 Å². The molecule has 0 bridgehead atoms. The molecule has 2 aromatic carbocycles. The molecule has 0 saturated carbocycles. The highest BCUT2D eigenvalue weighted by molar-refractivity contribution is 6.16. The Morgan fingerprint density at radius 1 is 1.04 bits per heavy atom. The highest BCUT2D eigenvalue weighted by Crippen LogP contribution is 2.41. The van der Waals surface area contributed by atoms with Crippen molar-refractivity contribution in [2.24, 2.45) is 0 Å². The first-order chi connectivity index (χ1) is 11.3. The van der Waals surface area contributed by atoms with Gasteiger partial charge in [0.1, 0.15) is 0 Å². The van der Waals surface area contributed by atoms with Crippen molar-refractivity contribution >= 4 is 11.9 Å². The van der Waals surface area contributed by atoms with Crippen LogP contribution in [0.2, 0.25) is 0 Å². The van der Waals surface area contributed by atoms with E-state index in [1.54, 1.807) is 0 Å². The van der Waals surface area contributed by atoms with Crippen LogP contribution in [0.4, 0.5) is 0 Å². The number of hydrogen-bond donors (Lipinski definition) is 1. The van der Waals surface area contributed by atoms with E-state index in [4.69, 9.17) is 4.74 Å². The highest BCUT2D eigenvalue weighted by atomic mass is 16.5. The third-order valence-corrected chi connectivity index (χ3v) is 4.59. The van der Waals surface area contributed by atoms with E-state index in [0.717, 1.165) is 35.4 Å². The van der Waals surface area contributed by atoms with Crippen LogP contribution in [0.25, 0.3) is 6.08 Å². The Bertz CT molecular complexity index is 745. The lowest BCUT2D eigenvalue weighted by Gasteiger charge is -2.29. The van der Waals surface area contributed by atoms with E-state index in [0.29, 0.717) is 6.61 Å².